The van der Waals surface area contributed by atoms with Gasteiger partial charge in [-0.15, -0.1) is 0 Å². The zero-order chi connectivity index (χ0) is 38.2. The molecule has 0 N–H and O–H groups in total. The van der Waals surface area contributed by atoms with Crippen molar-refractivity contribution in [3.05, 3.63) is 216 Å². The van der Waals surface area contributed by atoms with Crippen LogP contribution in [-0.2, 0) is 0 Å². The molecule has 11 aromatic rings. The molecule has 0 aliphatic carbocycles. The highest BCUT2D eigenvalue weighted by Crippen LogP contribution is 2.41. The molecular weight excluding hydrogens is 709 g/mol. The highest BCUT2D eigenvalue weighted by molar-refractivity contribution is 6.28. The van der Waals surface area contributed by atoms with Gasteiger partial charge in [0, 0.05) is 32.8 Å². The zero-order valence-corrected chi connectivity index (χ0v) is 31.2. The lowest BCUT2D eigenvalue weighted by Crippen LogP contribution is -2.16. The van der Waals surface area contributed by atoms with Crippen molar-refractivity contribution in [3.8, 4) is 16.8 Å². The van der Waals surface area contributed by atoms with Crippen LogP contribution in [0.5, 0.6) is 0 Å². The number of aliphatic imine (C=N–C) groups is 2. The lowest BCUT2D eigenvalue weighted by molar-refractivity contribution is 0.668. The summed E-state index contributed by atoms with van der Waals surface area (Å²) in [6.07, 6.45) is -0.518. The van der Waals surface area contributed by atoms with Crippen LogP contribution in [-0.4, -0.2) is 16.2 Å². The zero-order valence-electron chi connectivity index (χ0n) is 31.2. The minimum absolute atomic E-state index is 0.518. The molecule has 0 amide bonds. The van der Waals surface area contributed by atoms with Crippen molar-refractivity contribution < 1.29 is 4.42 Å². The molecule has 1 aliphatic heterocycles. The number of para-hydroxylation sites is 2. The van der Waals surface area contributed by atoms with E-state index in [0.717, 1.165) is 55.4 Å². The van der Waals surface area contributed by atoms with Gasteiger partial charge in [0.15, 0.2) is 0 Å². The van der Waals surface area contributed by atoms with E-state index in [1.807, 2.05) is 30.3 Å². The molecule has 58 heavy (non-hydrogen) atoms. The first-order valence-corrected chi connectivity index (χ1v) is 19.6. The van der Waals surface area contributed by atoms with Crippen LogP contribution in [0, 0.1) is 0 Å². The second-order valence-electron chi connectivity index (χ2n) is 14.9. The predicted molar refractivity (Wildman–Crippen MR) is 241 cm³/mol. The first-order chi connectivity index (χ1) is 28.7. The van der Waals surface area contributed by atoms with Crippen LogP contribution in [0.25, 0.3) is 87.4 Å². The van der Waals surface area contributed by atoms with Gasteiger partial charge in [-0.25, -0.2) is 0 Å². The molecule has 0 spiro atoms. The summed E-state index contributed by atoms with van der Waals surface area (Å²) >= 11 is 0. The largest absolute Gasteiger partial charge is 0.455 e. The van der Waals surface area contributed by atoms with Gasteiger partial charge in [-0.3, -0.25) is 4.99 Å². The van der Waals surface area contributed by atoms with E-state index in [-0.39, 0.29) is 0 Å². The second-order valence-corrected chi connectivity index (χ2v) is 14.9. The molecule has 5 nitrogen and oxygen atoms in total. The molecule has 272 valence electrons. The second kappa shape index (κ2) is 12.9. The number of benzene rings is 9. The van der Waals surface area contributed by atoms with Crippen molar-refractivity contribution in [1.29, 1.82) is 0 Å². The smallest absolute Gasteiger partial charge is 0.144 e. The minimum atomic E-state index is -0.518. The maximum absolute atomic E-state index is 6.48. The first-order valence-electron chi connectivity index (χ1n) is 19.6. The van der Waals surface area contributed by atoms with E-state index in [2.05, 4.69) is 168 Å². The minimum Gasteiger partial charge on any atom is -0.455 e. The van der Waals surface area contributed by atoms with E-state index in [9.17, 15) is 0 Å². The number of hydrogen-bond donors (Lipinski definition) is 0. The standard InChI is InChI=1S/C53H33N4O/c1-2-11-33(12-3-1)34-21-23-37(24-22-34)51-54-52(56-53(55-51)44-19-10-18-43-42-17-8-9-20-47(42)58-50(43)44)38-25-29-39(30-26-38)57-45-31-27-35-13-4-6-15-40(35)48(45)49-41-16-7-5-14-36(41)28-32-46(49)57/h1-32,52H/q-1. The number of nitrogens with zero attached hydrogens (tertiary/aromatic N) is 4. The molecule has 3 heterocycles. The summed E-state index contributed by atoms with van der Waals surface area (Å²) in [7, 11) is 0. The van der Waals surface area contributed by atoms with Gasteiger partial charge in [-0.2, -0.15) is 0 Å². The summed E-state index contributed by atoms with van der Waals surface area (Å²) in [6, 6.07) is 68.3. The number of amidine groups is 2. The normalized spacial score (nSPS) is 14.4. The monoisotopic (exact) mass is 741 g/mol. The van der Waals surface area contributed by atoms with Gasteiger partial charge in [-0.05, 0) is 80.2 Å². The number of aromatic nitrogens is 1. The Balaban J connectivity index is 0.995. The van der Waals surface area contributed by atoms with Crippen LogP contribution in [0.2, 0.25) is 0 Å². The lowest BCUT2D eigenvalue weighted by atomic mass is 10.00. The Morgan fingerprint density at radius 3 is 1.76 bits per heavy atom. The van der Waals surface area contributed by atoms with E-state index < -0.39 is 6.17 Å². The highest BCUT2D eigenvalue weighted by atomic mass is 16.3. The Kier molecular flexibility index (Phi) is 7.23. The molecule has 12 rings (SSSR count). The molecule has 0 saturated carbocycles. The molecule has 0 bridgehead atoms. The summed E-state index contributed by atoms with van der Waals surface area (Å²) in [6.45, 7) is 0. The van der Waals surface area contributed by atoms with E-state index in [0.29, 0.717) is 11.7 Å². The Morgan fingerprint density at radius 2 is 1.05 bits per heavy atom. The van der Waals surface area contributed by atoms with E-state index >= 15 is 0 Å². The van der Waals surface area contributed by atoms with Gasteiger partial charge in [0.2, 0.25) is 0 Å². The van der Waals surface area contributed by atoms with Crippen LogP contribution in [0.4, 0.5) is 0 Å². The molecule has 1 aliphatic rings. The summed E-state index contributed by atoms with van der Waals surface area (Å²) in [5.41, 5.74) is 10.1. The van der Waals surface area contributed by atoms with Gasteiger partial charge < -0.3 is 19.3 Å². The van der Waals surface area contributed by atoms with Crippen molar-refractivity contribution >= 4 is 77.0 Å². The summed E-state index contributed by atoms with van der Waals surface area (Å²) in [4.78, 5) is 10.4. The number of furan rings is 1. The number of fused-ring (bicyclic) bond motifs is 10. The van der Waals surface area contributed by atoms with Crippen molar-refractivity contribution in [2.75, 3.05) is 0 Å². The molecule has 5 heteroatoms. The molecule has 0 fully saturated rings. The van der Waals surface area contributed by atoms with Crippen molar-refractivity contribution in [3.63, 3.8) is 0 Å². The molecule has 9 aromatic carbocycles. The number of hydrogen-bond acceptors (Lipinski definition) is 3. The Morgan fingerprint density at radius 1 is 0.466 bits per heavy atom. The van der Waals surface area contributed by atoms with Crippen LogP contribution in [0.15, 0.2) is 209 Å². The fraction of sp³-hybridized carbons (Fsp3) is 0.0189. The summed E-state index contributed by atoms with van der Waals surface area (Å²) in [5.74, 6) is 1.23. The van der Waals surface area contributed by atoms with Crippen LogP contribution in [0.3, 0.4) is 0 Å². The van der Waals surface area contributed by atoms with E-state index in [4.69, 9.17) is 19.7 Å². The highest BCUT2D eigenvalue weighted by Gasteiger charge is 2.20. The molecule has 2 aromatic heterocycles. The summed E-state index contributed by atoms with van der Waals surface area (Å²) in [5, 5.41) is 14.8. The topological polar surface area (TPSA) is 56.9 Å². The maximum atomic E-state index is 6.48. The van der Waals surface area contributed by atoms with E-state index in [1.54, 1.807) is 0 Å². The van der Waals surface area contributed by atoms with Crippen molar-refractivity contribution in [2.45, 2.75) is 6.17 Å². The van der Waals surface area contributed by atoms with Crippen molar-refractivity contribution in [2.24, 2.45) is 9.98 Å². The molecular formula is C53H33N4O-. The average Bonchev–Trinajstić information content (AvgIpc) is 3.86. The maximum Gasteiger partial charge on any atom is 0.144 e. The number of rotatable bonds is 5. The Bertz CT molecular complexity index is 3370. The average molecular weight is 742 g/mol. The lowest BCUT2D eigenvalue weighted by Gasteiger charge is -2.32. The third kappa shape index (κ3) is 5.10. The van der Waals surface area contributed by atoms with Gasteiger partial charge in [-0.1, -0.05) is 164 Å². The van der Waals surface area contributed by atoms with E-state index in [1.165, 1.54) is 43.4 Å². The SMILES string of the molecule is c1ccc(-c2ccc(C3=NC(c4cccc5c4oc4ccccc45)=NC(c4ccc(-n5c6ccc7ccccc7c6c6c7ccccc7ccc65)cc4)[N-]3)cc2)cc1. The molecule has 1 atom stereocenters. The van der Waals surface area contributed by atoms with Gasteiger partial charge in [0.25, 0.3) is 0 Å². The molecule has 0 radical (unpaired) electrons. The third-order valence-corrected chi connectivity index (χ3v) is 11.6. The first kappa shape index (κ1) is 32.5. The fourth-order valence-electron chi connectivity index (χ4n) is 8.82. The fourth-order valence-corrected chi connectivity index (χ4v) is 8.82. The van der Waals surface area contributed by atoms with Gasteiger partial charge in [0.1, 0.15) is 11.2 Å². The van der Waals surface area contributed by atoms with Crippen LogP contribution < -0.4 is 0 Å². The third-order valence-electron chi connectivity index (χ3n) is 11.6. The molecule has 1 unspecified atom stereocenters. The van der Waals surface area contributed by atoms with Crippen LogP contribution in [0.1, 0.15) is 22.9 Å². The molecule has 0 saturated heterocycles. The Labute approximate surface area is 333 Å². The van der Waals surface area contributed by atoms with Crippen molar-refractivity contribution in [1.82, 2.24) is 4.57 Å². The van der Waals surface area contributed by atoms with Crippen LogP contribution >= 0.6 is 0 Å². The Hall–Kier alpha value is -7.76. The van der Waals surface area contributed by atoms with Gasteiger partial charge in [0.05, 0.1) is 23.0 Å². The summed E-state index contributed by atoms with van der Waals surface area (Å²) < 4.78 is 8.87. The quantitative estimate of drug-likeness (QED) is 0.173. The van der Waals surface area contributed by atoms with Gasteiger partial charge >= 0.3 is 0 Å². The predicted octanol–water partition coefficient (Wildman–Crippen LogP) is 13.9.